The van der Waals surface area contributed by atoms with E-state index >= 15 is 0 Å². The van der Waals surface area contributed by atoms with Crippen LogP contribution in [0.25, 0.3) is 121 Å². The molecule has 0 N–H and O–H groups in total. The monoisotopic (exact) mass is 760 g/mol. The molecule has 11 aromatic rings. The molecular weight excluding hydrogens is 721 g/mol. The van der Waals surface area contributed by atoms with E-state index in [1.807, 2.05) is 0 Å². The fourth-order valence-electron chi connectivity index (χ4n) is 10.5. The van der Waals surface area contributed by atoms with Gasteiger partial charge in [0.25, 0.3) is 0 Å². The Kier molecular flexibility index (Phi) is 7.77. The fourth-order valence-corrected chi connectivity index (χ4v) is 10.5. The van der Waals surface area contributed by atoms with Crippen molar-refractivity contribution in [2.75, 3.05) is 0 Å². The second-order valence-corrected chi connectivity index (χ2v) is 16.4. The van der Waals surface area contributed by atoms with Crippen LogP contribution >= 0.6 is 0 Å². The lowest BCUT2D eigenvalue weighted by molar-refractivity contribution is 1.38. The molecule has 0 aliphatic heterocycles. The third kappa shape index (κ3) is 5.11. The van der Waals surface area contributed by atoms with Crippen LogP contribution < -0.4 is 0 Å². The summed E-state index contributed by atoms with van der Waals surface area (Å²) in [7, 11) is 0. The van der Waals surface area contributed by atoms with Crippen molar-refractivity contribution in [1.82, 2.24) is 0 Å². The average Bonchev–Trinajstić information content (AvgIpc) is 3.63. The van der Waals surface area contributed by atoms with Crippen LogP contribution in [0.2, 0.25) is 0 Å². The Morgan fingerprint density at radius 2 is 0.717 bits per heavy atom. The fraction of sp³-hybridized carbons (Fsp3) is 0.0333. The highest BCUT2D eigenvalue weighted by Gasteiger charge is 2.32. The van der Waals surface area contributed by atoms with Crippen LogP contribution in [0, 0.1) is 13.8 Å². The zero-order valence-electron chi connectivity index (χ0n) is 33.6. The molecule has 0 saturated heterocycles. The van der Waals surface area contributed by atoms with Crippen molar-refractivity contribution in [3.05, 3.63) is 217 Å². The maximum absolute atomic E-state index is 2.53. The number of hydrogen-bond acceptors (Lipinski definition) is 0. The summed E-state index contributed by atoms with van der Waals surface area (Å²) in [5.74, 6) is 0. The van der Waals surface area contributed by atoms with Crippen LogP contribution in [0.3, 0.4) is 0 Å². The van der Waals surface area contributed by atoms with Gasteiger partial charge in [-0.2, -0.15) is 0 Å². The lowest BCUT2D eigenvalue weighted by Gasteiger charge is -2.22. The lowest BCUT2D eigenvalue weighted by atomic mass is 9.81. The second kappa shape index (κ2) is 13.5. The van der Waals surface area contributed by atoms with E-state index in [-0.39, 0.29) is 0 Å². The van der Waals surface area contributed by atoms with E-state index in [0.717, 1.165) is 0 Å². The molecule has 0 saturated carbocycles. The van der Waals surface area contributed by atoms with Gasteiger partial charge >= 0.3 is 0 Å². The molecule has 0 nitrogen and oxygen atoms in total. The molecule has 0 aromatic heterocycles. The molecule has 0 radical (unpaired) electrons. The molecule has 0 atom stereocenters. The molecule has 12 rings (SSSR count). The molecule has 60 heavy (non-hydrogen) atoms. The van der Waals surface area contributed by atoms with Gasteiger partial charge in [0, 0.05) is 0 Å². The van der Waals surface area contributed by atoms with Crippen LogP contribution in [-0.4, -0.2) is 0 Å². The van der Waals surface area contributed by atoms with Gasteiger partial charge in [0.05, 0.1) is 0 Å². The van der Waals surface area contributed by atoms with E-state index in [4.69, 9.17) is 0 Å². The van der Waals surface area contributed by atoms with E-state index in [1.54, 1.807) is 0 Å². The molecule has 0 spiro atoms. The quantitative estimate of drug-likeness (QED) is 0.153. The molecule has 1 aliphatic rings. The van der Waals surface area contributed by atoms with E-state index < -0.39 is 0 Å². The Morgan fingerprint density at radius 1 is 0.217 bits per heavy atom. The summed E-state index contributed by atoms with van der Waals surface area (Å²) in [5, 5.41) is 10.3. The van der Waals surface area contributed by atoms with E-state index in [9.17, 15) is 0 Å². The molecule has 0 amide bonds. The number of fused-ring (bicyclic) bond motifs is 8. The zero-order chi connectivity index (χ0) is 39.9. The molecule has 0 heterocycles. The van der Waals surface area contributed by atoms with Crippen LogP contribution in [-0.2, 0) is 0 Å². The second-order valence-electron chi connectivity index (χ2n) is 16.4. The summed E-state index contributed by atoms with van der Waals surface area (Å²) in [6, 6.07) is 76.8. The van der Waals surface area contributed by atoms with Crippen LogP contribution in [0.4, 0.5) is 0 Å². The standard InChI is InChI=1S/C60H40/c1-37-18-16-19-38(2)55(37)42-32-33-48-53(34-42)57(41-24-10-5-11-25-41)59-49-31-17-30-47-52-35-50(44-27-13-12-26-43(44)39-20-6-3-7-21-39)45-28-14-15-29-46(45)51(52)36-54(58(47)49)60(59)56(48)40-22-8-4-9-23-40/h3-36H,1-2H3. The smallest absolute Gasteiger partial charge is 0.000719 e. The Bertz CT molecular complexity index is 3500. The molecule has 0 heteroatoms. The summed E-state index contributed by atoms with van der Waals surface area (Å²) in [6.45, 7) is 4.47. The van der Waals surface area contributed by atoms with Gasteiger partial charge in [0.1, 0.15) is 0 Å². The average molecular weight is 761 g/mol. The van der Waals surface area contributed by atoms with Gasteiger partial charge in [-0.15, -0.1) is 0 Å². The van der Waals surface area contributed by atoms with Crippen LogP contribution in [0.15, 0.2) is 206 Å². The minimum absolute atomic E-state index is 1.22. The maximum Gasteiger partial charge on any atom is -0.000719 e. The Balaban J connectivity index is 1.24. The van der Waals surface area contributed by atoms with E-state index in [2.05, 4.69) is 220 Å². The van der Waals surface area contributed by atoms with Crippen LogP contribution in [0.1, 0.15) is 11.1 Å². The van der Waals surface area contributed by atoms with E-state index in [0.29, 0.717) is 0 Å². The first-order valence-electron chi connectivity index (χ1n) is 21.0. The molecule has 0 unspecified atom stereocenters. The Labute approximate surface area is 350 Å². The number of rotatable bonds is 5. The number of benzene rings is 11. The lowest BCUT2D eigenvalue weighted by Crippen LogP contribution is -1.95. The van der Waals surface area contributed by atoms with Gasteiger partial charge < -0.3 is 0 Å². The van der Waals surface area contributed by atoms with Crippen molar-refractivity contribution in [3.8, 4) is 77.9 Å². The first-order chi connectivity index (χ1) is 29.6. The summed E-state index contributed by atoms with van der Waals surface area (Å²) in [4.78, 5) is 0. The van der Waals surface area contributed by atoms with Gasteiger partial charge in [-0.3, -0.25) is 0 Å². The molecule has 0 fully saturated rings. The minimum Gasteiger partial charge on any atom is -0.0622 e. The predicted octanol–water partition coefficient (Wildman–Crippen LogP) is 16.9. The maximum atomic E-state index is 2.53. The highest BCUT2D eigenvalue weighted by molar-refractivity contribution is 6.33. The number of hydrogen-bond donors (Lipinski definition) is 0. The third-order valence-electron chi connectivity index (χ3n) is 13.0. The minimum atomic E-state index is 1.22. The van der Waals surface area contributed by atoms with Gasteiger partial charge in [-0.25, -0.2) is 0 Å². The normalized spacial score (nSPS) is 11.8. The molecular formula is C60H40. The highest BCUT2D eigenvalue weighted by atomic mass is 14.3. The largest absolute Gasteiger partial charge is 0.0622 e. The molecule has 11 aromatic carbocycles. The molecule has 280 valence electrons. The summed E-state index contributed by atoms with van der Waals surface area (Å²) >= 11 is 0. The van der Waals surface area contributed by atoms with Crippen molar-refractivity contribution in [2.24, 2.45) is 0 Å². The topological polar surface area (TPSA) is 0 Å². The molecule has 0 bridgehead atoms. The Morgan fingerprint density at radius 3 is 1.42 bits per heavy atom. The van der Waals surface area contributed by atoms with Gasteiger partial charge in [0.15, 0.2) is 0 Å². The van der Waals surface area contributed by atoms with Crippen molar-refractivity contribution < 1.29 is 0 Å². The van der Waals surface area contributed by atoms with Gasteiger partial charge in [-0.1, -0.05) is 188 Å². The van der Waals surface area contributed by atoms with Gasteiger partial charge in [-0.05, 0) is 164 Å². The third-order valence-corrected chi connectivity index (χ3v) is 13.0. The number of aryl methyl sites for hydroxylation is 2. The first kappa shape index (κ1) is 34.5. The van der Waals surface area contributed by atoms with Crippen molar-refractivity contribution in [2.45, 2.75) is 13.8 Å². The van der Waals surface area contributed by atoms with E-state index in [1.165, 1.54) is 132 Å². The van der Waals surface area contributed by atoms with Crippen molar-refractivity contribution >= 4 is 43.1 Å². The summed E-state index contributed by atoms with van der Waals surface area (Å²) in [6.07, 6.45) is 0. The summed E-state index contributed by atoms with van der Waals surface area (Å²) < 4.78 is 0. The van der Waals surface area contributed by atoms with Gasteiger partial charge in [0.2, 0.25) is 0 Å². The molecule has 1 aliphatic carbocycles. The Hall–Kier alpha value is -7.54. The highest BCUT2D eigenvalue weighted by Crippen LogP contribution is 2.59. The first-order valence-corrected chi connectivity index (χ1v) is 21.0. The summed E-state index contributed by atoms with van der Waals surface area (Å²) in [5.41, 5.74) is 20.4. The zero-order valence-corrected chi connectivity index (χ0v) is 33.6. The van der Waals surface area contributed by atoms with Crippen molar-refractivity contribution in [3.63, 3.8) is 0 Å². The van der Waals surface area contributed by atoms with Crippen molar-refractivity contribution in [1.29, 1.82) is 0 Å². The predicted molar refractivity (Wildman–Crippen MR) is 258 cm³/mol. The van der Waals surface area contributed by atoms with Crippen LogP contribution in [0.5, 0.6) is 0 Å². The SMILES string of the molecule is Cc1cccc(C)c1-c1ccc2c(-c3ccccc3)c3c(c(-c4ccccc4)c2c1)-c1cccc2c1c-3cc1c3ccccc3c(-c3ccccc3-c3ccccc3)cc21.